The summed E-state index contributed by atoms with van der Waals surface area (Å²) in [7, 11) is 0. The molecule has 2 N–H and O–H groups in total. The summed E-state index contributed by atoms with van der Waals surface area (Å²) in [4.78, 5) is 0. The third-order valence-corrected chi connectivity index (χ3v) is 1.85. The fourth-order valence-corrected chi connectivity index (χ4v) is 1.35. The van der Waals surface area contributed by atoms with E-state index in [-0.39, 0.29) is 0 Å². The summed E-state index contributed by atoms with van der Waals surface area (Å²) in [5.74, 6) is 0. The van der Waals surface area contributed by atoms with Gasteiger partial charge in [0.25, 0.3) is 0 Å². The van der Waals surface area contributed by atoms with Gasteiger partial charge in [-0.15, -0.1) is 0 Å². The SMILES string of the molecule is C1NCC2=C1CNC2. The second-order valence-corrected chi connectivity index (χ2v) is 2.41. The predicted molar refractivity (Wildman–Crippen MR) is 32.8 cm³/mol. The first-order chi connectivity index (χ1) is 3.97. The molecule has 0 unspecified atom stereocenters. The van der Waals surface area contributed by atoms with Crippen molar-refractivity contribution >= 4 is 0 Å². The maximum absolute atomic E-state index is 3.31. The van der Waals surface area contributed by atoms with E-state index in [4.69, 9.17) is 0 Å². The first-order valence-corrected chi connectivity index (χ1v) is 3.08. The van der Waals surface area contributed by atoms with E-state index in [0.717, 1.165) is 26.2 Å². The molecule has 2 aliphatic rings. The van der Waals surface area contributed by atoms with Crippen molar-refractivity contribution in [2.45, 2.75) is 0 Å². The van der Waals surface area contributed by atoms with Crippen molar-refractivity contribution < 1.29 is 0 Å². The van der Waals surface area contributed by atoms with Gasteiger partial charge in [0.05, 0.1) is 0 Å². The van der Waals surface area contributed by atoms with Crippen LogP contribution in [0.2, 0.25) is 0 Å². The molecule has 0 aromatic heterocycles. The van der Waals surface area contributed by atoms with E-state index in [1.807, 2.05) is 0 Å². The lowest BCUT2D eigenvalue weighted by atomic mass is 10.2. The highest BCUT2D eigenvalue weighted by Crippen LogP contribution is 2.11. The third kappa shape index (κ3) is 0.501. The summed E-state index contributed by atoms with van der Waals surface area (Å²) in [6, 6.07) is 0. The van der Waals surface area contributed by atoms with Crippen molar-refractivity contribution in [3.8, 4) is 0 Å². The molecule has 2 heteroatoms. The highest BCUT2D eigenvalue weighted by molar-refractivity contribution is 5.28. The van der Waals surface area contributed by atoms with Crippen LogP contribution in [-0.4, -0.2) is 26.2 Å². The maximum atomic E-state index is 3.31. The molecule has 8 heavy (non-hydrogen) atoms. The van der Waals surface area contributed by atoms with Crippen LogP contribution in [0, 0.1) is 0 Å². The zero-order valence-electron chi connectivity index (χ0n) is 4.83. The van der Waals surface area contributed by atoms with Gasteiger partial charge in [-0.1, -0.05) is 0 Å². The maximum Gasteiger partial charge on any atom is 0.0184 e. The van der Waals surface area contributed by atoms with Crippen LogP contribution in [0.1, 0.15) is 0 Å². The smallest absolute Gasteiger partial charge is 0.0184 e. The summed E-state index contributed by atoms with van der Waals surface area (Å²) in [6.07, 6.45) is 0. The molecule has 0 radical (unpaired) electrons. The van der Waals surface area contributed by atoms with Crippen molar-refractivity contribution in [3.63, 3.8) is 0 Å². The highest BCUT2D eigenvalue weighted by atomic mass is 15.0. The molecule has 2 aliphatic heterocycles. The molecule has 0 amide bonds. The van der Waals surface area contributed by atoms with Gasteiger partial charge in [-0.3, -0.25) is 0 Å². The molecule has 2 heterocycles. The van der Waals surface area contributed by atoms with Crippen LogP contribution in [-0.2, 0) is 0 Å². The number of rotatable bonds is 0. The Hall–Kier alpha value is -0.340. The Balaban J connectivity index is 2.23. The predicted octanol–water partition coefficient (Wildman–Crippen LogP) is -0.511. The summed E-state index contributed by atoms with van der Waals surface area (Å²) in [5.41, 5.74) is 3.20. The number of hydrogen-bond donors (Lipinski definition) is 2. The fraction of sp³-hybridized carbons (Fsp3) is 0.667. The lowest BCUT2D eigenvalue weighted by Gasteiger charge is -1.96. The van der Waals surface area contributed by atoms with Gasteiger partial charge >= 0.3 is 0 Å². The molecule has 2 nitrogen and oxygen atoms in total. The van der Waals surface area contributed by atoms with Crippen LogP contribution in [0.25, 0.3) is 0 Å². The number of nitrogens with one attached hydrogen (secondary N) is 2. The Morgan fingerprint density at radius 2 is 1.12 bits per heavy atom. The average Bonchev–Trinajstić information content (AvgIpc) is 2.15. The van der Waals surface area contributed by atoms with E-state index >= 15 is 0 Å². The van der Waals surface area contributed by atoms with Gasteiger partial charge in [0.2, 0.25) is 0 Å². The lowest BCUT2D eigenvalue weighted by molar-refractivity contribution is 0.761. The Bertz CT molecular complexity index is 109. The molecule has 2 rings (SSSR count). The van der Waals surface area contributed by atoms with E-state index in [9.17, 15) is 0 Å². The molecule has 0 spiro atoms. The van der Waals surface area contributed by atoms with Crippen molar-refractivity contribution in [1.82, 2.24) is 10.6 Å². The molecular weight excluding hydrogens is 100 g/mol. The van der Waals surface area contributed by atoms with Gasteiger partial charge in [0, 0.05) is 26.2 Å². The second kappa shape index (κ2) is 1.57. The van der Waals surface area contributed by atoms with Gasteiger partial charge in [-0.05, 0) is 11.1 Å². The summed E-state index contributed by atoms with van der Waals surface area (Å²) >= 11 is 0. The quantitative estimate of drug-likeness (QED) is 0.410. The summed E-state index contributed by atoms with van der Waals surface area (Å²) < 4.78 is 0. The number of hydrogen-bond acceptors (Lipinski definition) is 2. The minimum Gasteiger partial charge on any atom is -0.309 e. The van der Waals surface area contributed by atoms with Gasteiger partial charge in [0.15, 0.2) is 0 Å². The van der Waals surface area contributed by atoms with Crippen molar-refractivity contribution in [1.29, 1.82) is 0 Å². The first kappa shape index (κ1) is 4.53. The molecule has 0 atom stereocenters. The van der Waals surface area contributed by atoms with Crippen molar-refractivity contribution in [2.75, 3.05) is 26.2 Å². The van der Waals surface area contributed by atoms with Gasteiger partial charge in [0.1, 0.15) is 0 Å². The third-order valence-electron chi connectivity index (χ3n) is 1.85. The van der Waals surface area contributed by atoms with Crippen molar-refractivity contribution in [3.05, 3.63) is 11.1 Å². The van der Waals surface area contributed by atoms with E-state index in [0.29, 0.717) is 0 Å². The highest BCUT2D eigenvalue weighted by Gasteiger charge is 2.17. The standard InChI is InChI=1S/C6H10N2/c1-5-2-8-4-6(5)3-7-1/h7-8H,1-4H2. The van der Waals surface area contributed by atoms with Gasteiger partial charge in [-0.2, -0.15) is 0 Å². The Kier molecular flexibility index (Phi) is 0.889. The molecule has 0 aliphatic carbocycles. The zero-order valence-corrected chi connectivity index (χ0v) is 4.83. The summed E-state index contributed by atoms with van der Waals surface area (Å²) in [5, 5.41) is 6.62. The molecule has 44 valence electrons. The van der Waals surface area contributed by atoms with Gasteiger partial charge < -0.3 is 10.6 Å². The van der Waals surface area contributed by atoms with E-state index in [1.165, 1.54) is 0 Å². The van der Waals surface area contributed by atoms with Crippen LogP contribution in [0.5, 0.6) is 0 Å². The minimum atomic E-state index is 1.13. The first-order valence-electron chi connectivity index (χ1n) is 3.08. The van der Waals surface area contributed by atoms with Crippen LogP contribution in [0.4, 0.5) is 0 Å². The zero-order chi connectivity index (χ0) is 5.40. The van der Waals surface area contributed by atoms with Crippen LogP contribution < -0.4 is 10.6 Å². The molecular formula is C6H10N2. The molecule has 0 saturated carbocycles. The topological polar surface area (TPSA) is 24.1 Å². The molecule has 0 fully saturated rings. The van der Waals surface area contributed by atoms with Crippen LogP contribution in [0.3, 0.4) is 0 Å². The second-order valence-electron chi connectivity index (χ2n) is 2.41. The van der Waals surface area contributed by atoms with Crippen LogP contribution in [0.15, 0.2) is 11.1 Å². The van der Waals surface area contributed by atoms with E-state index < -0.39 is 0 Å². The van der Waals surface area contributed by atoms with E-state index in [1.54, 1.807) is 11.1 Å². The Morgan fingerprint density at radius 3 is 1.50 bits per heavy atom. The van der Waals surface area contributed by atoms with Gasteiger partial charge in [-0.25, -0.2) is 0 Å². The Labute approximate surface area is 49.0 Å². The fourth-order valence-electron chi connectivity index (χ4n) is 1.35. The Morgan fingerprint density at radius 1 is 0.750 bits per heavy atom. The monoisotopic (exact) mass is 110 g/mol. The van der Waals surface area contributed by atoms with E-state index in [2.05, 4.69) is 10.6 Å². The van der Waals surface area contributed by atoms with Crippen LogP contribution >= 0.6 is 0 Å². The molecule has 0 aromatic rings. The summed E-state index contributed by atoms with van der Waals surface area (Å²) in [6.45, 7) is 4.51. The lowest BCUT2D eigenvalue weighted by Crippen LogP contribution is -2.20. The average molecular weight is 110 g/mol. The molecule has 0 bridgehead atoms. The van der Waals surface area contributed by atoms with Crippen molar-refractivity contribution in [2.24, 2.45) is 0 Å². The largest absolute Gasteiger partial charge is 0.309 e. The normalized spacial score (nSPS) is 27.0. The minimum absolute atomic E-state index is 1.13. The molecule has 0 aromatic carbocycles. The molecule has 0 saturated heterocycles.